The van der Waals surface area contributed by atoms with E-state index in [9.17, 15) is 13.2 Å². The summed E-state index contributed by atoms with van der Waals surface area (Å²) in [5.41, 5.74) is 3.46. The Morgan fingerprint density at radius 3 is 2.71 bits per heavy atom. The van der Waals surface area contributed by atoms with Crippen LogP contribution >= 0.6 is 0 Å². The average molecular weight is 533 g/mol. The van der Waals surface area contributed by atoms with E-state index in [1.165, 1.54) is 4.57 Å². The van der Waals surface area contributed by atoms with Crippen molar-refractivity contribution in [2.45, 2.75) is 24.8 Å². The number of aromatic nitrogens is 3. The molecule has 0 bridgehead atoms. The van der Waals surface area contributed by atoms with Crippen LogP contribution in [0.4, 0.5) is 17.3 Å². The molecule has 1 saturated heterocycles. The van der Waals surface area contributed by atoms with E-state index in [1.54, 1.807) is 31.3 Å². The molecule has 11 heteroatoms. The molecule has 38 heavy (non-hydrogen) atoms. The monoisotopic (exact) mass is 532 g/mol. The molecular weight excluding hydrogens is 504 g/mol. The number of ether oxygens (including phenoxy) is 1. The molecule has 2 aliphatic rings. The minimum absolute atomic E-state index is 0.0218. The Morgan fingerprint density at radius 1 is 1.13 bits per heavy atom. The molecule has 0 aliphatic carbocycles. The van der Waals surface area contributed by atoms with Crippen LogP contribution in [0.3, 0.4) is 0 Å². The lowest BCUT2D eigenvalue weighted by molar-refractivity contribution is -0.0208. The molecule has 0 amide bonds. The highest BCUT2D eigenvalue weighted by Crippen LogP contribution is 2.33. The van der Waals surface area contributed by atoms with Crippen molar-refractivity contribution >= 4 is 38.4 Å². The third-order valence-corrected chi connectivity index (χ3v) is 8.67. The second-order valence-electron chi connectivity index (χ2n) is 9.81. The number of hydrogen-bond donors (Lipinski definition) is 2. The van der Waals surface area contributed by atoms with Crippen molar-refractivity contribution in [3.63, 3.8) is 0 Å². The number of para-hydroxylation sites is 1. The third kappa shape index (κ3) is 4.53. The summed E-state index contributed by atoms with van der Waals surface area (Å²) < 4.78 is 36.3. The molecule has 0 spiro atoms. The number of nitrogens with one attached hydrogen (secondary N) is 2. The van der Waals surface area contributed by atoms with Gasteiger partial charge in [-0.2, -0.15) is 4.98 Å². The predicted molar refractivity (Wildman–Crippen MR) is 146 cm³/mol. The third-order valence-electron chi connectivity index (χ3n) is 7.07. The molecule has 2 N–H and O–H groups in total. The van der Waals surface area contributed by atoms with E-state index < -0.39 is 21.0 Å². The van der Waals surface area contributed by atoms with Gasteiger partial charge < -0.3 is 15.0 Å². The number of fused-ring (bicyclic) bond motifs is 2. The van der Waals surface area contributed by atoms with Crippen LogP contribution in [0.2, 0.25) is 0 Å². The van der Waals surface area contributed by atoms with Gasteiger partial charge in [-0.3, -0.25) is 14.1 Å². The number of sulfonamides is 1. The number of likely N-dealkylation sites (N-methyl/N-ethyl adjacent to an activating group) is 1. The van der Waals surface area contributed by atoms with Gasteiger partial charge in [-0.15, -0.1) is 0 Å². The SMILES string of the molecule is Cc1cc2cnc(Nc3ccc(C4CN(C)CCO4)cc3)nc2n(C2Cc3ccccc3NS2(=O)=O)c1=O. The largest absolute Gasteiger partial charge is 0.371 e. The van der Waals surface area contributed by atoms with Crippen molar-refractivity contribution < 1.29 is 13.2 Å². The van der Waals surface area contributed by atoms with Gasteiger partial charge in [0.2, 0.25) is 5.95 Å². The first-order valence-electron chi connectivity index (χ1n) is 12.4. The fourth-order valence-corrected chi connectivity index (χ4v) is 6.54. The molecule has 0 radical (unpaired) electrons. The number of pyridine rings is 1. The first-order chi connectivity index (χ1) is 18.3. The number of hydrogen-bond acceptors (Lipinski definition) is 8. The summed E-state index contributed by atoms with van der Waals surface area (Å²) in [4.78, 5) is 24.6. The van der Waals surface area contributed by atoms with E-state index in [0.29, 0.717) is 23.2 Å². The lowest BCUT2D eigenvalue weighted by Crippen LogP contribution is -2.38. The summed E-state index contributed by atoms with van der Waals surface area (Å²) in [6.07, 6.45) is 1.77. The molecule has 196 valence electrons. The van der Waals surface area contributed by atoms with Crippen LogP contribution in [0.1, 0.15) is 28.2 Å². The maximum atomic E-state index is 13.3. The van der Waals surface area contributed by atoms with Crippen LogP contribution in [0.25, 0.3) is 11.0 Å². The zero-order chi connectivity index (χ0) is 26.4. The van der Waals surface area contributed by atoms with Gasteiger partial charge in [0.25, 0.3) is 15.6 Å². The fourth-order valence-electron chi connectivity index (χ4n) is 5.02. The summed E-state index contributed by atoms with van der Waals surface area (Å²) >= 11 is 0. The minimum Gasteiger partial charge on any atom is -0.371 e. The van der Waals surface area contributed by atoms with Gasteiger partial charge in [0.05, 0.1) is 18.4 Å². The highest BCUT2D eigenvalue weighted by Gasteiger charge is 2.35. The van der Waals surface area contributed by atoms with E-state index in [-0.39, 0.29) is 24.1 Å². The maximum Gasteiger partial charge on any atom is 0.256 e. The molecule has 10 nitrogen and oxygen atoms in total. The van der Waals surface area contributed by atoms with E-state index in [4.69, 9.17) is 4.74 Å². The molecule has 0 saturated carbocycles. The Morgan fingerprint density at radius 2 is 1.92 bits per heavy atom. The summed E-state index contributed by atoms with van der Waals surface area (Å²) in [6, 6.07) is 16.7. The first kappa shape index (κ1) is 24.5. The minimum atomic E-state index is -3.90. The van der Waals surface area contributed by atoms with Gasteiger partial charge in [-0.25, -0.2) is 13.4 Å². The van der Waals surface area contributed by atoms with Crippen molar-refractivity contribution in [1.82, 2.24) is 19.4 Å². The van der Waals surface area contributed by atoms with Crippen molar-refractivity contribution in [1.29, 1.82) is 0 Å². The standard InChI is InChI=1S/C27H28N6O4S/c1-17-13-20-15-28-27(29-21-9-7-18(8-10-21)23-16-32(2)11-12-37-23)30-25(20)33(26(17)34)24-14-19-5-3-4-6-22(19)31-38(24,35)36/h3-10,13,15,23-24,31H,11-12,14,16H2,1-2H3,(H,28,29,30). The average Bonchev–Trinajstić information content (AvgIpc) is 2.90. The molecule has 1 fully saturated rings. The highest BCUT2D eigenvalue weighted by molar-refractivity contribution is 7.92. The number of aryl methyl sites for hydroxylation is 1. The quantitative estimate of drug-likeness (QED) is 0.411. The molecular formula is C27H28N6O4S. The Balaban J connectivity index is 1.35. The van der Waals surface area contributed by atoms with Crippen LogP contribution in [0.15, 0.2) is 65.6 Å². The van der Waals surface area contributed by atoms with Crippen LogP contribution in [0, 0.1) is 6.92 Å². The zero-order valence-electron chi connectivity index (χ0n) is 21.1. The van der Waals surface area contributed by atoms with E-state index in [2.05, 4.69) is 32.0 Å². The second-order valence-corrected chi connectivity index (χ2v) is 11.6. The number of benzene rings is 2. The van der Waals surface area contributed by atoms with Crippen molar-refractivity contribution in [3.05, 3.63) is 87.8 Å². The second kappa shape index (κ2) is 9.50. The molecule has 2 aromatic carbocycles. The number of anilines is 3. The number of nitrogens with zero attached hydrogens (tertiary/aromatic N) is 4. The smallest absolute Gasteiger partial charge is 0.256 e. The van der Waals surface area contributed by atoms with Crippen molar-refractivity contribution in [3.8, 4) is 0 Å². The molecule has 2 aliphatic heterocycles. The Kier molecular flexibility index (Phi) is 6.13. The number of morpholine rings is 1. The normalized spacial score (nSPS) is 21.0. The van der Waals surface area contributed by atoms with Gasteiger partial charge in [-0.1, -0.05) is 30.3 Å². The number of rotatable bonds is 4. The Bertz CT molecular complexity index is 1690. The summed E-state index contributed by atoms with van der Waals surface area (Å²) in [6.45, 7) is 4.12. The van der Waals surface area contributed by atoms with Crippen molar-refractivity contribution in [2.24, 2.45) is 0 Å². The van der Waals surface area contributed by atoms with Gasteiger partial charge in [0.1, 0.15) is 5.65 Å². The topological polar surface area (TPSA) is 118 Å². The van der Waals surface area contributed by atoms with E-state index in [0.717, 1.165) is 29.9 Å². The van der Waals surface area contributed by atoms with Gasteiger partial charge >= 0.3 is 0 Å². The van der Waals surface area contributed by atoms with Crippen LogP contribution in [-0.2, 0) is 21.2 Å². The van der Waals surface area contributed by atoms with E-state index in [1.807, 2.05) is 36.4 Å². The fraction of sp³-hybridized carbons (Fsp3) is 0.296. The summed E-state index contributed by atoms with van der Waals surface area (Å²) in [5.74, 6) is 0.262. The van der Waals surface area contributed by atoms with Crippen LogP contribution in [0.5, 0.6) is 0 Å². The van der Waals surface area contributed by atoms with Gasteiger partial charge in [-0.05, 0) is 49.4 Å². The van der Waals surface area contributed by atoms with Crippen LogP contribution < -0.4 is 15.6 Å². The molecule has 2 atom stereocenters. The van der Waals surface area contributed by atoms with Crippen LogP contribution in [-0.4, -0.2) is 54.6 Å². The maximum absolute atomic E-state index is 13.3. The van der Waals surface area contributed by atoms with Crippen molar-refractivity contribution in [2.75, 3.05) is 36.8 Å². The molecule has 4 heterocycles. The predicted octanol–water partition coefficient (Wildman–Crippen LogP) is 3.34. The molecule has 2 aromatic heterocycles. The molecule has 2 unspecified atom stereocenters. The summed E-state index contributed by atoms with van der Waals surface area (Å²) in [7, 11) is -1.81. The van der Waals surface area contributed by atoms with Gasteiger partial charge in [0.15, 0.2) is 5.37 Å². The molecule has 6 rings (SSSR count). The highest BCUT2D eigenvalue weighted by atomic mass is 32.2. The molecule has 4 aromatic rings. The van der Waals surface area contributed by atoms with E-state index >= 15 is 0 Å². The lowest BCUT2D eigenvalue weighted by atomic mass is 10.1. The lowest BCUT2D eigenvalue weighted by Gasteiger charge is -2.30. The first-order valence-corrected chi connectivity index (χ1v) is 14.0. The Hall–Kier alpha value is -3.80. The van der Waals surface area contributed by atoms with Gasteiger partial charge in [0, 0.05) is 42.3 Å². The Labute approximate surface area is 220 Å². The zero-order valence-corrected chi connectivity index (χ0v) is 21.9. The summed E-state index contributed by atoms with van der Waals surface area (Å²) in [5, 5.41) is 2.61.